The number of nitrogens with zero attached hydrogens (tertiary/aromatic N) is 1. The summed E-state index contributed by atoms with van der Waals surface area (Å²) in [4.78, 5) is 4.08. The molecule has 94 valence electrons. The quantitative estimate of drug-likeness (QED) is 0.494. The molecule has 0 unspecified atom stereocenters. The van der Waals surface area contributed by atoms with Gasteiger partial charge in [0, 0.05) is 13.7 Å². The number of aliphatic imine (C=N–C) groups is 1. The third-order valence-electron chi connectivity index (χ3n) is 2.03. The number of methoxy groups -OCH3 is 1. The molecule has 0 amide bonds. The minimum atomic E-state index is -0.302. The second-order valence-corrected chi connectivity index (χ2v) is 4.22. The Balaban J connectivity index is 2.48. The highest BCUT2D eigenvalue weighted by molar-refractivity contribution is 9.10. The standard InChI is InChI=1S/C11H15BrFN3O/c1-17-5-4-15-11(14)16-7-8-2-3-9(12)10(13)6-8/h2-3,6H,4-5,7H2,1H3,(H3,14,15,16). The van der Waals surface area contributed by atoms with Gasteiger partial charge in [0.2, 0.25) is 0 Å². The number of rotatable bonds is 5. The lowest BCUT2D eigenvalue weighted by molar-refractivity contribution is 0.204. The molecule has 0 spiro atoms. The Kier molecular flexibility index (Phi) is 5.93. The highest BCUT2D eigenvalue weighted by atomic mass is 79.9. The number of hydrogen-bond donors (Lipinski definition) is 2. The van der Waals surface area contributed by atoms with Gasteiger partial charge in [0.05, 0.1) is 17.6 Å². The summed E-state index contributed by atoms with van der Waals surface area (Å²) in [5, 5.41) is 2.88. The molecule has 0 atom stereocenters. The van der Waals surface area contributed by atoms with E-state index in [0.717, 1.165) is 5.56 Å². The first-order valence-corrected chi connectivity index (χ1v) is 5.89. The van der Waals surface area contributed by atoms with Crippen LogP contribution in [0.1, 0.15) is 5.56 Å². The summed E-state index contributed by atoms with van der Waals surface area (Å²) in [5.41, 5.74) is 6.38. The van der Waals surface area contributed by atoms with Crippen molar-refractivity contribution in [1.82, 2.24) is 5.32 Å². The predicted molar refractivity (Wildman–Crippen MR) is 69.3 cm³/mol. The number of halogens is 2. The Bertz CT molecular complexity index is 398. The molecule has 0 aromatic heterocycles. The summed E-state index contributed by atoms with van der Waals surface area (Å²) in [6.07, 6.45) is 0. The van der Waals surface area contributed by atoms with Gasteiger partial charge < -0.3 is 15.8 Å². The van der Waals surface area contributed by atoms with Crippen molar-refractivity contribution >= 4 is 21.9 Å². The maximum atomic E-state index is 13.2. The number of hydrogen-bond acceptors (Lipinski definition) is 2. The average Bonchev–Trinajstić information content (AvgIpc) is 2.31. The van der Waals surface area contributed by atoms with Crippen LogP contribution in [0.15, 0.2) is 27.7 Å². The van der Waals surface area contributed by atoms with E-state index < -0.39 is 0 Å². The molecule has 6 heteroatoms. The van der Waals surface area contributed by atoms with E-state index in [9.17, 15) is 4.39 Å². The highest BCUT2D eigenvalue weighted by Gasteiger charge is 2.00. The molecule has 0 bridgehead atoms. The van der Waals surface area contributed by atoms with Crippen molar-refractivity contribution in [2.24, 2.45) is 10.7 Å². The molecule has 3 N–H and O–H groups in total. The summed E-state index contributed by atoms with van der Waals surface area (Å²) in [5.74, 6) is 0.0222. The van der Waals surface area contributed by atoms with E-state index in [-0.39, 0.29) is 5.82 Å². The molecule has 0 aliphatic carbocycles. The summed E-state index contributed by atoms with van der Waals surface area (Å²) >= 11 is 3.09. The zero-order valence-corrected chi connectivity index (χ0v) is 11.1. The smallest absolute Gasteiger partial charge is 0.188 e. The first-order valence-electron chi connectivity index (χ1n) is 5.10. The zero-order valence-electron chi connectivity index (χ0n) is 9.54. The van der Waals surface area contributed by atoms with Crippen LogP contribution in [0.25, 0.3) is 0 Å². The SMILES string of the molecule is COCCNC(N)=NCc1ccc(Br)c(F)c1. The number of ether oxygens (including phenoxy) is 1. The summed E-state index contributed by atoms with van der Waals surface area (Å²) in [6, 6.07) is 4.86. The van der Waals surface area contributed by atoms with Crippen molar-refractivity contribution < 1.29 is 9.13 Å². The van der Waals surface area contributed by atoms with Gasteiger partial charge >= 0.3 is 0 Å². The third-order valence-corrected chi connectivity index (χ3v) is 2.67. The molecule has 0 aliphatic rings. The summed E-state index contributed by atoms with van der Waals surface area (Å²) < 4.78 is 18.5. The molecule has 1 aromatic rings. The lowest BCUT2D eigenvalue weighted by atomic mass is 10.2. The van der Waals surface area contributed by atoms with Crippen LogP contribution in [0.3, 0.4) is 0 Å². The molecule has 0 saturated heterocycles. The van der Waals surface area contributed by atoms with Crippen LogP contribution < -0.4 is 11.1 Å². The lowest BCUT2D eigenvalue weighted by Crippen LogP contribution is -2.34. The topological polar surface area (TPSA) is 59.6 Å². The van der Waals surface area contributed by atoms with Crippen LogP contribution in [-0.2, 0) is 11.3 Å². The lowest BCUT2D eigenvalue weighted by Gasteiger charge is -2.04. The minimum Gasteiger partial charge on any atom is -0.383 e. The maximum Gasteiger partial charge on any atom is 0.188 e. The van der Waals surface area contributed by atoms with Crippen LogP contribution in [0, 0.1) is 5.82 Å². The van der Waals surface area contributed by atoms with Crippen LogP contribution in [0.2, 0.25) is 0 Å². The van der Waals surface area contributed by atoms with Crippen molar-refractivity contribution in [2.45, 2.75) is 6.54 Å². The third kappa shape index (κ3) is 5.14. The fourth-order valence-electron chi connectivity index (χ4n) is 1.15. The van der Waals surface area contributed by atoms with Crippen molar-refractivity contribution in [2.75, 3.05) is 20.3 Å². The predicted octanol–water partition coefficient (Wildman–Crippen LogP) is 1.64. The van der Waals surface area contributed by atoms with E-state index in [1.54, 1.807) is 19.2 Å². The average molecular weight is 304 g/mol. The van der Waals surface area contributed by atoms with Gasteiger partial charge in [0.15, 0.2) is 5.96 Å². The highest BCUT2D eigenvalue weighted by Crippen LogP contribution is 2.16. The molecule has 0 radical (unpaired) electrons. The molecular weight excluding hydrogens is 289 g/mol. The van der Waals surface area contributed by atoms with Crippen molar-refractivity contribution in [3.05, 3.63) is 34.1 Å². The zero-order chi connectivity index (χ0) is 12.7. The Labute approximate surface area is 108 Å². The Morgan fingerprint density at radius 3 is 3.00 bits per heavy atom. The first kappa shape index (κ1) is 13.9. The van der Waals surface area contributed by atoms with Gasteiger partial charge in [-0.15, -0.1) is 0 Å². The molecule has 0 heterocycles. The second kappa shape index (κ2) is 7.24. The number of nitrogens with one attached hydrogen (secondary N) is 1. The van der Waals surface area contributed by atoms with Crippen LogP contribution >= 0.6 is 15.9 Å². The molecule has 1 aromatic carbocycles. The molecule has 1 rings (SSSR count). The van der Waals surface area contributed by atoms with E-state index in [4.69, 9.17) is 10.5 Å². The summed E-state index contributed by atoms with van der Waals surface area (Å²) in [7, 11) is 1.61. The van der Waals surface area contributed by atoms with Gasteiger partial charge in [-0.25, -0.2) is 9.38 Å². The van der Waals surface area contributed by atoms with Gasteiger partial charge in [-0.1, -0.05) is 6.07 Å². The fraction of sp³-hybridized carbons (Fsp3) is 0.364. The van der Waals surface area contributed by atoms with Crippen molar-refractivity contribution in [3.8, 4) is 0 Å². The molecule has 4 nitrogen and oxygen atoms in total. The summed E-state index contributed by atoms with van der Waals surface area (Å²) in [6.45, 7) is 1.50. The van der Waals surface area contributed by atoms with Gasteiger partial charge in [-0.2, -0.15) is 0 Å². The second-order valence-electron chi connectivity index (χ2n) is 3.37. The van der Waals surface area contributed by atoms with E-state index >= 15 is 0 Å². The molecule has 0 fully saturated rings. The van der Waals surface area contributed by atoms with E-state index in [0.29, 0.717) is 30.1 Å². The maximum absolute atomic E-state index is 13.2. The molecule has 0 aliphatic heterocycles. The molecular formula is C11H15BrFN3O. The van der Waals surface area contributed by atoms with E-state index in [1.165, 1.54) is 6.07 Å². The van der Waals surface area contributed by atoms with E-state index in [2.05, 4.69) is 26.2 Å². The van der Waals surface area contributed by atoms with Gasteiger partial charge in [0.25, 0.3) is 0 Å². The Hall–Kier alpha value is -1.14. The number of guanidine groups is 1. The minimum absolute atomic E-state index is 0.302. The number of nitrogens with two attached hydrogens (primary N) is 1. The van der Waals surface area contributed by atoms with Crippen LogP contribution in [0.5, 0.6) is 0 Å². The fourth-order valence-corrected chi connectivity index (χ4v) is 1.40. The van der Waals surface area contributed by atoms with Crippen molar-refractivity contribution in [3.63, 3.8) is 0 Å². The largest absolute Gasteiger partial charge is 0.383 e. The monoisotopic (exact) mass is 303 g/mol. The van der Waals surface area contributed by atoms with Gasteiger partial charge in [0.1, 0.15) is 5.82 Å². The van der Waals surface area contributed by atoms with Crippen LogP contribution in [-0.4, -0.2) is 26.2 Å². The molecule has 17 heavy (non-hydrogen) atoms. The van der Waals surface area contributed by atoms with Gasteiger partial charge in [-0.3, -0.25) is 0 Å². The van der Waals surface area contributed by atoms with Crippen LogP contribution in [0.4, 0.5) is 4.39 Å². The normalized spacial score (nSPS) is 11.6. The Morgan fingerprint density at radius 2 is 2.35 bits per heavy atom. The van der Waals surface area contributed by atoms with E-state index in [1.807, 2.05) is 0 Å². The van der Waals surface area contributed by atoms with Gasteiger partial charge in [-0.05, 0) is 33.6 Å². The molecule has 0 saturated carbocycles. The Morgan fingerprint density at radius 1 is 1.59 bits per heavy atom. The first-order chi connectivity index (χ1) is 8.13. The number of benzene rings is 1. The van der Waals surface area contributed by atoms with Crippen molar-refractivity contribution in [1.29, 1.82) is 0 Å².